The van der Waals surface area contributed by atoms with Gasteiger partial charge >= 0.3 is 12.1 Å². The number of sulfone groups is 1. The first-order valence-corrected chi connectivity index (χ1v) is 10.9. The molecule has 8 heteroatoms. The summed E-state index contributed by atoms with van der Waals surface area (Å²) in [5.41, 5.74) is 0.836. The highest BCUT2D eigenvalue weighted by molar-refractivity contribution is 7.91. The fraction of sp³-hybridized carbons (Fsp3) is 0.579. The monoisotopic (exact) mass is 399 g/mol. The summed E-state index contributed by atoms with van der Waals surface area (Å²) in [6.45, 7) is 2.06. The van der Waals surface area contributed by atoms with Crippen LogP contribution in [-0.2, 0) is 26.0 Å². The van der Waals surface area contributed by atoms with Crippen LogP contribution in [0.15, 0.2) is 30.3 Å². The molecular weight excluding hydrogens is 370 g/mol. The molecule has 0 saturated carbocycles. The van der Waals surface area contributed by atoms with Crippen molar-refractivity contribution < 1.29 is 27.9 Å². The number of carboxylic acids is 1. The molecule has 152 valence electrons. The number of carboxylic acid groups (broad SMARTS) is 1. The second kappa shape index (κ2) is 11.6. The Morgan fingerprint density at radius 2 is 1.85 bits per heavy atom. The standard InChI is InChI=1S/C19H29NO6S/c1-3-4-6-11-17(18(21)22)15-27(24,25)13-12-20(2)19(23)26-14-16-9-7-5-8-10-16/h5,7-10,17H,3-4,6,11-15H2,1-2H3,(H,21,22)/t17-/m1/s1. The Kier molecular flexibility index (Phi) is 9.85. The average molecular weight is 400 g/mol. The van der Waals surface area contributed by atoms with E-state index in [1.165, 1.54) is 11.9 Å². The van der Waals surface area contributed by atoms with Crippen molar-refractivity contribution in [3.8, 4) is 0 Å². The van der Waals surface area contributed by atoms with Gasteiger partial charge in [0.2, 0.25) is 0 Å². The van der Waals surface area contributed by atoms with E-state index in [1.54, 1.807) is 0 Å². The van der Waals surface area contributed by atoms with Crippen molar-refractivity contribution in [2.75, 3.05) is 25.1 Å². The molecule has 1 amide bonds. The number of hydrogen-bond donors (Lipinski definition) is 1. The summed E-state index contributed by atoms with van der Waals surface area (Å²) in [7, 11) is -2.13. The van der Waals surface area contributed by atoms with Gasteiger partial charge < -0.3 is 14.7 Å². The maximum Gasteiger partial charge on any atom is 0.409 e. The number of carbonyl (C=O) groups is 2. The zero-order valence-electron chi connectivity index (χ0n) is 16.0. The molecule has 0 heterocycles. The van der Waals surface area contributed by atoms with Crippen LogP contribution >= 0.6 is 0 Å². The summed E-state index contributed by atoms with van der Waals surface area (Å²) < 4.78 is 29.6. The number of unbranched alkanes of at least 4 members (excludes halogenated alkanes) is 2. The van der Waals surface area contributed by atoms with Crippen molar-refractivity contribution in [2.24, 2.45) is 5.92 Å². The quantitative estimate of drug-likeness (QED) is 0.542. The number of hydrogen-bond acceptors (Lipinski definition) is 5. The second-order valence-electron chi connectivity index (χ2n) is 6.61. The van der Waals surface area contributed by atoms with E-state index in [0.29, 0.717) is 12.8 Å². The Labute approximate surface area is 161 Å². The Balaban J connectivity index is 2.45. The number of benzene rings is 1. The number of aliphatic carboxylic acids is 1. The Hall–Kier alpha value is -2.09. The van der Waals surface area contributed by atoms with Gasteiger partial charge in [0.1, 0.15) is 6.61 Å². The van der Waals surface area contributed by atoms with E-state index in [2.05, 4.69) is 0 Å². The van der Waals surface area contributed by atoms with Gasteiger partial charge in [-0.25, -0.2) is 13.2 Å². The molecule has 0 spiro atoms. The van der Waals surface area contributed by atoms with Crippen LogP contribution in [0.1, 0.15) is 38.2 Å². The molecule has 0 aliphatic carbocycles. The van der Waals surface area contributed by atoms with Crippen LogP contribution in [0, 0.1) is 5.92 Å². The van der Waals surface area contributed by atoms with Gasteiger partial charge in [0.05, 0.1) is 17.4 Å². The van der Waals surface area contributed by atoms with E-state index >= 15 is 0 Å². The van der Waals surface area contributed by atoms with Crippen LogP contribution < -0.4 is 0 Å². The van der Waals surface area contributed by atoms with Crippen LogP contribution in [-0.4, -0.2) is 55.6 Å². The zero-order valence-corrected chi connectivity index (χ0v) is 16.8. The predicted octanol–water partition coefficient (Wildman–Crippen LogP) is 2.95. The second-order valence-corrected chi connectivity index (χ2v) is 8.84. The molecule has 0 aliphatic rings. The van der Waals surface area contributed by atoms with Crippen molar-refractivity contribution in [3.63, 3.8) is 0 Å². The fourth-order valence-corrected chi connectivity index (χ4v) is 4.15. The lowest BCUT2D eigenvalue weighted by Crippen LogP contribution is -2.34. The lowest BCUT2D eigenvalue weighted by atomic mass is 10.0. The van der Waals surface area contributed by atoms with Crippen LogP contribution in [0.25, 0.3) is 0 Å². The molecule has 0 fully saturated rings. The molecule has 1 rings (SSSR count). The SMILES string of the molecule is CCCCC[C@H](CS(=O)(=O)CCN(C)C(=O)OCc1ccccc1)C(=O)O. The minimum atomic E-state index is -3.59. The normalized spacial score (nSPS) is 12.4. The fourth-order valence-electron chi connectivity index (χ4n) is 2.51. The molecule has 1 atom stereocenters. The molecule has 0 radical (unpaired) electrons. The van der Waals surface area contributed by atoms with Crippen molar-refractivity contribution >= 4 is 21.9 Å². The molecule has 0 unspecified atom stereocenters. The predicted molar refractivity (Wildman–Crippen MR) is 103 cm³/mol. The van der Waals surface area contributed by atoms with E-state index < -0.39 is 33.6 Å². The van der Waals surface area contributed by atoms with E-state index in [-0.39, 0.29) is 18.9 Å². The number of nitrogens with zero attached hydrogens (tertiary/aromatic N) is 1. The van der Waals surface area contributed by atoms with Crippen molar-refractivity contribution in [3.05, 3.63) is 35.9 Å². The first-order valence-electron chi connectivity index (χ1n) is 9.10. The summed E-state index contributed by atoms with van der Waals surface area (Å²) in [6, 6.07) is 9.16. The van der Waals surface area contributed by atoms with E-state index in [4.69, 9.17) is 4.74 Å². The summed E-state index contributed by atoms with van der Waals surface area (Å²) in [6.07, 6.45) is 2.23. The minimum absolute atomic E-state index is 0.0444. The largest absolute Gasteiger partial charge is 0.481 e. The summed E-state index contributed by atoms with van der Waals surface area (Å²) >= 11 is 0. The average Bonchev–Trinajstić information content (AvgIpc) is 2.64. The van der Waals surface area contributed by atoms with E-state index in [9.17, 15) is 23.1 Å². The zero-order chi connectivity index (χ0) is 20.3. The third-order valence-electron chi connectivity index (χ3n) is 4.22. The Morgan fingerprint density at radius 3 is 2.44 bits per heavy atom. The molecule has 7 nitrogen and oxygen atoms in total. The number of rotatable bonds is 12. The molecule has 0 aliphatic heterocycles. The van der Waals surface area contributed by atoms with Gasteiger partial charge in [-0.1, -0.05) is 56.5 Å². The first kappa shape index (κ1) is 23.0. The van der Waals surface area contributed by atoms with E-state index in [1.807, 2.05) is 37.3 Å². The number of ether oxygens (including phenoxy) is 1. The number of amides is 1. The van der Waals surface area contributed by atoms with Gasteiger partial charge in [0.25, 0.3) is 0 Å². The van der Waals surface area contributed by atoms with Crippen molar-refractivity contribution in [2.45, 2.75) is 39.2 Å². The highest BCUT2D eigenvalue weighted by atomic mass is 32.2. The molecule has 0 aromatic heterocycles. The van der Waals surface area contributed by atoms with Crippen LogP contribution in [0.4, 0.5) is 4.79 Å². The van der Waals surface area contributed by atoms with Gasteiger partial charge in [-0.15, -0.1) is 0 Å². The lowest BCUT2D eigenvalue weighted by molar-refractivity contribution is -0.141. The lowest BCUT2D eigenvalue weighted by Gasteiger charge is -2.18. The van der Waals surface area contributed by atoms with Gasteiger partial charge in [-0.05, 0) is 12.0 Å². The molecule has 1 N–H and O–H groups in total. The molecule has 0 bridgehead atoms. The Bertz CT molecular complexity index is 689. The van der Waals surface area contributed by atoms with Gasteiger partial charge in [0, 0.05) is 13.6 Å². The van der Waals surface area contributed by atoms with Crippen LogP contribution in [0.3, 0.4) is 0 Å². The summed E-state index contributed by atoms with van der Waals surface area (Å²) in [5.74, 6) is -2.69. The smallest absolute Gasteiger partial charge is 0.409 e. The minimum Gasteiger partial charge on any atom is -0.481 e. The third-order valence-corrected chi connectivity index (χ3v) is 5.93. The van der Waals surface area contributed by atoms with Gasteiger partial charge in [-0.2, -0.15) is 0 Å². The van der Waals surface area contributed by atoms with Crippen molar-refractivity contribution in [1.82, 2.24) is 4.90 Å². The number of carbonyl (C=O) groups excluding carboxylic acids is 1. The molecule has 1 aromatic carbocycles. The highest BCUT2D eigenvalue weighted by Crippen LogP contribution is 2.14. The molecule has 1 aromatic rings. The summed E-state index contributed by atoms with van der Waals surface area (Å²) in [4.78, 5) is 24.4. The van der Waals surface area contributed by atoms with Crippen LogP contribution in [0.5, 0.6) is 0 Å². The van der Waals surface area contributed by atoms with E-state index in [0.717, 1.165) is 18.4 Å². The first-order chi connectivity index (χ1) is 12.7. The topological polar surface area (TPSA) is 101 Å². The molecular formula is C19H29NO6S. The maximum absolute atomic E-state index is 12.2. The summed E-state index contributed by atoms with van der Waals surface area (Å²) in [5, 5.41) is 9.23. The maximum atomic E-state index is 12.2. The molecule has 27 heavy (non-hydrogen) atoms. The van der Waals surface area contributed by atoms with Crippen LogP contribution in [0.2, 0.25) is 0 Å². The van der Waals surface area contributed by atoms with Gasteiger partial charge in [0.15, 0.2) is 9.84 Å². The third kappa shape index (κ3) is 9.42. The van der Waals surface area contributed by atoms with Crippen molar-refractivity contribution in [1.29, 1.82) is 0 Å². The molecule has 0 saturated heterocycles. The van der Waals surface area contributed by atoms with Gasteiger partial charge in [-0.3, -0.25) is 4.79 Å². The Morgan fingerprint density at radius 1 is 1.19 bits per heavy atom. The highest BCUT2D eigenvalue weighted by Gasteiger charge is 2.25.